The average Bonchev–Trinajstić information content (AvgIpc) is 2.26. The molecule has 0 radical (unpaired) electrons. The molecule has 0 aliphatic heterocycles. The van der Waals surface area contributed by atoms with Gasteiger partial charge in [-0.25, -0.2) is 0 Å². The Hall–Kier alpha value is -1.35. The number of benzene rings is 1. The van der Waals surface area contributed by atoms with Gasteiger partial charge in [0.05, 0.1) is 11.5 Å². The van der Waals surface area contributed by atoms with Crippen molar-refractivity contribution in [2.75, 3.05) is 0 Å². The van der Waals surface area contributed by atoms with Gasteiger partial charge in [0.15, 0.2) is 0 Å². The summed E-state index contributed by atoms with van der Waals surface area (Å²) in [4.78, 5) is 10.7. The van der Waals surface area contributed by atoms with E-state index in [-0.39, 0.29) is 5.92 Å². The van der Waals surface area contributed by atoms with E-state index in [9.17, 15) is 9.90 Å². The lowest BCUT2D eigenvalue weighted by Gasteiger charge is -2.41. The van der Waals surface area contributed by atoms with Gasteiger partial charge in [-0.1, -0.05) is 38.1 Å². The van der Waals surface area contributed by atoms with E-state index in [0.717, 1.165) is 5.56 Å². The smallest absolute Gasteiger partial charge is 0.306 e. The fraction of sp³-hybridized carbons (Fsp3) is 0.533. The number of aliphatic carboxylic acids is 1. The first-order chi connectivity index (χ1) is 8.39. The Morgan fingerprint density at radius 1 is 1.33 bits per heavy atom. The molecule has 3 heteroatoms. The van der Waals surface area contributed by atoms with Gasteiger partial charge in [-0.2, -0.15) is 0 Å². The van der Waals surface area contributed by atoms with Crippen molar-refractivity contribution in [3.63, 3.8) is 0 Å². The van der Waals surface area contributed by atoms with Crippen LogP contribution in [0.3, 0.4) is 0 Å². The summed E-state index contributed by atoms with van der Waals surface area (Å²) in [6.45, 7) is 4.29. The summed E-state index contributed by atoms with van der Waals surface area (Å²) >= 11 is 0. The Balaban J connectivity index is 1.96. The molecule has 0 saturated heterocycles. The van der Waals surface area contributed by atoms with Crippen LogP contribution >= 0.6 is 0 Å². The predicted molar refractivity (Wildman–Crippen MR) is 69.5 cm³/mol. The van der Waals surface area contributed by atoms with Crippen molar-refractivity contribution in [3.05, 3.63) is 35.4 Å². The first-order valence-corrected chi connectivity index (χ1v) is 6.44. The maximum atomic E-state index is 10.7. The van der Waals surface area contributed by atoms with Gasteiger partial charge < -0.3 is 10.2 Å². The Morgan fingerprint density at radius 2 is 1.89 bits per heavy atom. The third-order valence-corrected chi connectivity index (χ3v) is 3.78. The highest BCUT2D eigenvalue weighted by atomic mass is 16.4. The van der Waals surface area contributed by atoms with Crippen LogP contribution in [0.5, 0.6) is 0 Å². The monoisotopic (exact) mass is 248 g/mol. The second kappa shape index (κ2) is 4.73. The van der Waals surface area contributed by atoms with E-state index in [4.69, 9.17) is 5.11 Å². The van der Waals surface area contributed by atoms with Crippen LogP contribution in [0.1, 0.15) is 43.7 Å². The zero-order valence-corrected chi connectivity index (χ0v) is 10.9. The summed E-state index contributed by atoms with van der Waals surface area (Å²) < 4.78 is 0. The van der Waals surface area contributed by atoms with E-state index in [2.05, 4.69) is 26.0 Å². The van der Waals surface area contributed by atoms with Gasteiger partial charge in [-0.3, -0.25) is 4.79 Å². The van der Waals surface area contributed by atoms with E-state index in [0.29, 0.717) is 25.2 Å². The lowest BCUT2D eigenvalue weighted by molar-refractivity contribution is -0.158. The highest BCUT2D eigenvalue weighted by Crippen LogP contribution is 2.40. The van der Waals surface area contributed by atoms with Crippen molar-refractivity contribution in [2.24, 2.45) is 5.92 Å². The molecule has 1 fully saturated rings. The molecule has 2 N–H and O–H groups in total. The third-order valence-electron chi connectivity index (χ3n) is 3.78. The summed E-state index contributed by atoms with van der Waals surface area (Å²) in [5.41, 5.74) is 1.54. The quantitative estimate of drug-likeness (QED) is 0.861. The highest BCUT2D eigenvalue weighted by Gasteiger charge is 2.46. The maximum absolute atomic E-state index is 10.7. The van der Waals surface area contributed by atoms with Gasteiger partial charge in [0.25, 0.3) is 0 Å². The minimum atomic E-state index is -0.817. The number of carbonyl (C=O) groups is 1. The molecule has 0 heterocycles. The van der Waals surface area contributed by atoms with E-state index in [1.807, 2.05) is 12.1 Å². The molecular weight excluding hydrogens is 228 g/mol. The number of rotatable bonds is 4. The third kappa shape index (κ3) is 2.72. The minimum absolute atomic E-state index is 0.369. The normalized spacial score (nSPS) is 27.0. The van der Waals surface area contributed by atoms with Gasteiger partial charge in [0.2, 0.25) is 0 Å². The number of aliphatic hydroxyl groups is 1. The molecule has 3 nitrogen and oxygen atoms in total. The SMILES string of the molecule is CC(C)c1ccc(CC2(O)CC(C(=O)O)C2)cc1. The van der Waals surface area contributed by atoms with Crippen LogP contribution < -0.4 is 0 Å². The van der Waals surface area contributed by atoms with Crippen molar-refractivity contribution in [3.8, 4) is 0 Å². The maximum Gasteiger partial charge on any atom is 0.306 e. The number of hydrogen-bond acceptors (Lipinski definition) is 2. The summed E-state index contributed by atoms with van der Waals surface area (Å²) in [5, 5.41) is 19.0. The zero-order chi connectivity index (χ0) is 13.3. The predicted octanol–water partition coefficient (Wildman–Crippen LogP) is 2.58. The Labute approximate surface area is 107 Å². The van der Waals surface area contributed by atoms with Crippen LogP contribution in [-0.2, 0) is 11.2 Å². The van der Waals surface area contributed by atoms with Crippen LogP contribution in [0, 0.1) is 5.92 Å². The number of carboxylic acid groups (broad SMARTS) is 1. The molecule has 1 aliphatic rings. The molecule has 0 bridgehead atoms. The van der Waals surface area contributed by atoms with Crippen molar-refractivity contribution in [2.45, 2.75) is 44.6 Å². The second-order valence-electron chi connectivity index (χ2n) is 5.74. The van der Waals surface area contributed by atoms with Crippen LogP contribution in [0.4, 0.5) is 0 Å². The molecule has 0 atom stereocenters. The van der Waals surface area contributed by atoms with Crippen LogP contribution in [0.25, 0.3) is 0 Å². The summed E-state index contributed by atoms with van der Waals surface area (Å²) in [6.07, 6.45) is 1.29. The summed E-state index contributed by atoms with van der Waals surface area (Å²) in [5.74, 6) is -0.665. The first-order valence-electron chi connectivity index (χ1n) is 6.44. The molecule has 2 rings (SSSR count). The highest BCUT2D eigenvalue weighted by molar-refractivity contribution is 5.71. The first kappa shape index (κ1) is 13.1. The van der Waals surface area contributed by atoms with Crippen molar-refractivity contribution in [1.29, 1.82) is 0 Å². The second-order valence-corrected chi connectivity index (χ2v) is 5.74. The molecule has 0 amide bonds. The number of hydrogen-bond donors (Lipinski definition) is 2. The molecule has 18 heavy (non-hydrogen) atoms. The fourth-order valence-electron chi connectivity index (χ4n) is 2.58. The molecule has 0 spiro atoms. The molecule has 1 aliphatic carbocycles. The van der Waals surface area contributed by atoms with Gasteiger partial charge in [0.1, 0.15) is 0 Å². The minimum Gasteiger partial charge on any atom is -0.481 e. The van der Waals surface area contributed by atoms with Gasteiger partial charge in [-0.15, -0.1) is 0 Å². The molecule has 1 aromatic carbocycles. The van der Waals surface area contributed by atoms with Crippen LogP contribution in [-0.4, -0.2) is 21.8 Å². The van der Waals surface area contributed by atoms with E-state index in [1.165, 1.54) is 5.56 Å². The van der Waals surface area contributed by atoms with Crippen molar-refractivity contribution >= 4 is 5.97 Å². The molecule has 1 saturated carbocycles. The standard InChI is InChI=1S/C15H20O3/c1-10(2)12-5-3-11(4-6-12)7-15(18)8-13(9-15)14(16)17/h3-6,10,13,18H,7-9H2,1-2H3,(H,16,17). The molecule has 98 valence electrons. The van der Waals surface area contributed by atoms with Crippen molar-refractivity contribution in [1.82, 2.24) is 0 Å². The van der Waals surface area contributed by atoms with Crippen LogP contribution in [0.2, 0.25) is 0 Å². The lowest BCUT2D eigenvalue weighted by Crippen LogP contribution is -2.48. The fourth-order valence-corrected chi connectivity index (χ4v) is 2.58. The van der Waals surface area contributed by atoms with E-state index >= 15 is 0 Å². The van der Waals surface area contributed by atoms with Crippen LogP contribution in [0.15, 0.2) is 24.3 Å². The van der Waals surface area contributed by atoms with E-state index in [1.54, 1.807) is 0 Å². The van der Waals surface area contributed by atoms with Gasteiger partial charge in [-0.05, 0) is 29.9 Å². The Morgan fingerprint density at radius 3 is 2.33 bits per heavy atom. The van der Waals surface area contributed by atoms with Gasteiger partial charge >= 0.3 is 5.97 Å². The Bertz CT molecular complexity index is 428. The largest absolute Gasteiger partial charge is 0.481 e. The summed E-state index contributed by atoms with van der Waals surface area (Å²) in [7, 11) is 0. The molecule has 0 aromatic heterocycles. The average molecular weight is 248 g/mol. The molecular formula is C15H20O3. The van der Waals surface area contributed by atoms with E-state index < -0.39 is 11.6 Å². The summed E-state index contributed by atoms with van der Waals surface area (Å²) in [6, 6.07) is 8.22. The number of carboxylic acids is 1. The molecule has 0 unspecified atom stereocenters. The van der Waals surface area contributed by atoms with Gasteiger partial charge in [0, 0.05) is 6.42 Å². The zero-order valence-electron chi connectivity index (χ0n) is 10.9. The lowest BCUT2D eigenvalue weighted by atomic mass is 9.68. The van der Waals surface area contributed by atoms with Crippen molar-refractivity contribution < 1.29 is 15.0 Å². The topological polar surface area (TPSA) is 57.5 Å². The molecule has 1 aromatic rings. The Kier molecular flexibility index (Phi) is 3.44.